The lowest BCUT2D eigenvalue weighted by atomic mass is 9.98. The van der Waals surface area contributed by atoms with Crippen molar-refractivity contribution < 1.29 is 9.90 Å². The number of aryl methyl sites for hydroxylation is 1. The van der Waals surface area contributed by atoms with Crippen molar-refractivity contribution in [3.8, 4) is 0 Å². The molecule has 24 heavy (non-hydrogen) atoms. The van der Waals surface area contributed by atoms with E-state index in [1.54, 1.807) is 12.1 Å². The third kappa shape index (κ3) is 6.19. The summed E-state index contributed by atoms with van der Waals surface area (Å²) in [6.45, 7) is 10.9. The predicted octanol–water partition coefficient (Wildman–Crippen LogP) is 6.41. The Morgan fingerprint density at radius 1 is 0.833 bits per heavy atom. The van der Waals surface area contributed by atoms with E-state index in [-0.39, 0.29) is 0 Å². The van der Waals surface area contributed by atoms with E-state index >= 15 is 0 Å². The molecule has 2 atom stereocenters. The quantitative estimate of drug-likeness (QED) is 0.689. The Kier molecular flexibility index (Phi) is 8.25. The molecule has 2 aromatic carbocycles. The van der Waals surface area contributed by atoms with Gasteiger partial charge in [0.25, 0.3) is 0 Å². The van der Waals surface area contributed by atoms with Gasteiger partial charge >= 0.3 is 5.97 Å². The average molecular weight is 326 g/mol. The number of rotatable bonds is 5. The summed E-state index contributed by atoms with van der Waals surface area (Å²) in [7, 11) is 0. The van der Waals surface area contributed by atoms with Crippen LogP contribution in [0.1, 0.15) is 79.4 Å². The fourth-order valence-corrected chi connectivity index (χ4v) is 2.32. The largest absolute Gasteiger partial charge is 0.478 e. The summed E-state index contributed by atoms with van der Waals surface area (Å²) in [5.41, 5.74) is 4.36. The van der Waals surface area contributed by atoms with Crippen LogP contribution in [0.2, 0.25) is 0 Å². The van der Waals surface area contributed by atoms with Crippen molar-refractivity contribution >= 4 is 5.97 Å². The molecule has 0 saturated heterocycles. The van der Waals surface area contributed by atoms with Gasteiger partial charge in [0.2, 0.25) is 0 Å². The van der Waals surface area contributed by atoms with Crippen molar-refractivity contribution in [3.05, 3.63) is 70.8 Å². The van der Waals surface area contributed by atoms with E-state index in [4.69, 9.17) is 5.11 Å². The molecule has 0 aliphatic carbocycles. The summed E-state index contributed by atoms with van der Waals surface area (Å²) in [5, 5.41) is 8.67. The molecular formula is C22H30O2. The molecule has 0 saturated carbocycles. The van der Waals surface area contributed by atoms with Gasteiger partial charge in [0.15, 0.2) is 0 Å². The van der Waals surface area contributed by atoms with Crippen molar-refractivity contribution in [2.75, 3.05) is 0 Å². The molecule has 130 valence electrons. The van der Waals surface area contributed by atoms with E-state index in [1.165, 1.54) is 23.1 Å². The minimum absolute atomic E-state index is 0.354. The first-order chi connectivity index (χ1) is 11.4. The summed E-state index contributed by atoms with van der Waals surface area (Å²) < 4.78 is 0. The van der Waals surface area contributed by atoms with Gasteiger partial charge in [-0.15, -0.1) is 0 Å². The molecule has 2 heteroatoms. The Labute approximate surface area is 146 Å². The van der Waals surface area contributed by atoms with E-state index in [0.717, 1.165) is 6.42 Å². The second kappa shape index (κ2) is 9.92. The number of hydrogen-bond acceptors (Lipinski definition) is 1. The topological polar surface area (TPSA) is 37.3 Å². The van der Waals surface area contributed by atoms with Crippen LogP contribution in [0.4, 0.5) is 0 Å². The zero-order valence-electron chi connectivity index (χ0n) is 15.5. The van der Waals surface area contributed by atoms with Crippen molar-refractivity contribution in [2.45, 2.75) is 59.3 Å². The second-order valence-corrected chi connectivity index (χ2v) is 6.46. The molecule has 2 aromatic rings. The zero-order valence-corrected chi connectivity index (χ0v) is 15.5. The van der Waals surface area contributed by atoms with Crippen LogP contribution >= 0.6 is 0 Å². The molecule has 2 rings (SSSR count). The van der Waals surface area contributed by atoms with Crippen molar-refractivity contribution in [2.24, 2.45) is 0 Å². The standard InChI is InChI=1S/C11H14O2.C11H16/c1-3-8(2)9-4-6-10(7-5-9)11(12)13;1-4-10(3)11-7-5-9(2)6-8-11/h4-8H,3H2,1-2H3,(H,12,13);5-8,10H,4H2,1-3H3. The summed E-state index contributed by atoms with van der Waals surface area (Å²) in [5.74, 6) is 0.342. The Bertz CT molecular complexity index is 611. The highest BCUT2D eigenvalue weighted by atomic mass is 16.4. The second-order valence-electron chi connectivity index (χ2n) is 6.46. The molecule has 2 nitrogen and oxygen atoms in total. The first kappa shape index (κ1) is 20.0. The number of carbonyl (C=O) groups is 1. The molecule has 0 amide bonds. The van der Waals surface area contributed by atoms with Crippen LogP contribution in [0.25, 0.3) is 0 Å². The summed E-state index contributed by atoms with van der Waals surface area (Å²) in [6.07, 6.45) is 2.30. The van der Waals surface area contributed by atoms with Crippen LogP contribution in [0.3, 0.4) is 0 Å². The Hall–Kier alpha value is -2.09. The molecular weight excluding hydrogens is 296 g/mol. The van der Waals surface area contributed by atoms with Gasteiger partial charge in [0.05, 0.1) is 5.56 Å². The lowest BCUT2D eigenvalue weighted by Crippen LogP contribution is -1.97. The van der Waals surface area contributed by atoms with E-state index in [0.29, 0.717) is 17.4 Å². The highest BCUT2D eigenvalue weighted by Gasteiger charge is 2.05. The minimum Gasteiger partial charge on any atom is -0.478 e. The van der Waals surface area contributed by atoms with Gasteiger partial charge in [-0.1, -0.05) is 69.7 Å². The van der Waals surface area contributed by atoms with Gasteiger partial charge in [-0.3, -0.25) is 0 Å². The highest BCUT2D eigenvalue weighted by molar-refractivity contribution is 5.87. The van der Waals surface area contributed by atoms with Gasteiger partial charge in [0, 0.05) is 0 Å². The van der Waals surface area contributed by atoms with Crippen LogP contribution in [0, 0.1) is 6.92 Å². The molecule has 0 aliphatic heterocycles. The van der Waals surface area contributed by atoms with Gasteiger partial charge < -0.3 is 5.11 Å². The number of benzene rings is 2. The number of carboxylic acids is 1. The lowest BCUT2D eigenvalue weighted by molar-refractivity contribution is 0.0697. The van der Waals surface area contributed by atoms with E-state index in [1.807, 2.05) is 12.1 Å². The van der Waals surface area contributed by atoms with Gasteiger partial charge in [0.1, 0.15) is 0 Å². The molecule has 0 bridgehead atoms. The van der Waals surface area contributed by atoms with Crippen molar-refractivity contribution in [3.63, 3.8) is 0 Å². The third-order valence-electron chi connectivity index (χ3n) is 4.60. The fourth-order valence-electron chi connectivity index (χ4n) is 2.32. The molecule has 1 N–H and O–H groups in total. The highest BCUT2D eigenvalue weighted by Crippen LogP contribution is 2.19. The van der Waals surface area contributed by atoms with Gasteiger partial charge in [-0.2, -0.15) is 0 Å². The van der Waals surface area contributed by atoms with Crippen LogP contribution in [-0.4, -0.2) is 11.1 Å². The van der Waals surface area contributed by atoms with Gasteiger partial charge in [-0.25, -0.2) is 4.79 Å². The lowest BCUT2D eigenvalue weighted by Gasteiger charge is -2.08. The molecule has 0 spiro atoms. The molecule has 2 unspecified atom stereocenters. The first-order valence-electron chi connectivity index (χ1n) is 8.78. The molecule has 0 aliphatic rings. The van der Waals surface area contributed by atoms with Crippen molar-refractivity contribution in [1.82, 2.24) is 0 Å². The fraction of sp³-hybridized carbons (Fsp3) is 0.409. The molecule has 0 radical (unpaired) electrons. The first-order valence-corrected chi connectivity index (χ1v) is 8.78. The zero-order chi connectivity index (χ0) is 18.1. The maximum Gasteiger partial charge on any atom is 0.335 e. The Balaban J connectivity index is 0.000000243. The summed E-state index contributed by atoms with van der Waals surface area (Å²) in [4.78, 5) is 10.6. The normalized spacial score (nSPS) is 12.7. The van der Waals surface area contributed by atoms with E-state index < -0.39 is 5.97 Å². The summed E-state index contributed by atoms with van der Waals surface area (Å²) >= 11 is 0. The molecule has 0 fully saturated rings. The van der Waals surface area contributed by atoms with E-state index in [9.17, 15) is 4.79 Å². The predicted molar refractivity (Wildman–Crippen MR) is 102 cm³/mol. The number of aromatic carboxylic acids is 1. The average Bonchev–Trinajstić information content (AvgIpc) is 2.61. The maximum absolute atomic E-state index is 10.6. The number of carboxylic acid groups (broad SMARTS) is 1. The molecule has 0 aromatic heterocycles. The van der Waals surface area contributed by atoms with E-state index in [2.05, 4.69) is 58.9 Å². The van der Waals surface area contributed by atoms with Crippen LogP contribution in [-0.2, 0) is 0 Å². The van der Waals surface area contributed by atoms with Crippen LogP contribution in [0.15, 0.2) is 48.5 Å². The Morgan fingerprint density at radius 2 is 1.21 bits per heavy atom. The smallest absolute Gasteiger partial charge is 0.335 e. The third-order valence-corrected chi connectivity index (χ3v) is 4.60. The summed E-state index contributed by atoms with van der Waals surface area (Å²) in [6, 6.07) is 15.9. The Morgan fingerprint density at radius 3 is 1.54 bits per heavy atom. The van der Waals surface area contributed by atoms with Crippen LogP contribution < -0.4 is 0 Å². The SMILES string of the molecule is CCC(C)c1ccc(C(=O)O)cc1.CCC(C)c1ccc(C)cc1. The number of hydrogen-bond donors (Lipinski definition) is 1. The van der Waals surface area contributed by atoms with Gasteiger partial charge in [-0.05, 0) is 54.9 Å². The maximum atomic E-state index is 10.6. The minimum atomic E-state index is -0.865. The monoisotopic (exact) mass is 326 g/mol. The van der Waals surface area contributed by atoms with Crippen molar-refractivity contribution in [1.29, 1.82) is 0 Å². The molecule has 0 heterocycles. The van der Waals surface area contributed by atoms with Crippen LogP contribution in [0.5, 0.6) is 0 Å².